The van der Waals surface area contributed by atoms with E-state index in [2.05, 4.69) is 24.4 Å². The predicted octanol–water partition coefficient (Wildman–Crippen LogP) is 2.35. The number of ether oxygens (including phenoxy) is 1. The van der Waals surface area contributed by atoms with Gasteiger partial charge in [-0.1, -0.05) is 25.4 Å². The third-order valence-corrected chi connectivity index (χ3v) is 4.62. The lowest BCUT2D eigenvalue weighted by molar-refractivity contribution is -0.0719. The molecule has 0 saturated heterocycles. The minimum atomic E-state index is -0.283. The van der Waals surface area contributed by atoms with E-state index < -0.39 is 0 Å². The molecule has 20 heavy (non-hydrogen) atoms. The van der Waals surface area contributed by atoms with Crippen molar-refractivity contribution in [2.45, 2.75) is 58.6 Å². The van der Waals surface area contributed by atoms with Crippen molar-refractivity contribution in [1.82, 2.24) is 15.2 Å². The van der Waals surface area contributed by atoms with Crippen molar-refractivity contribution in [2.24, 2.45) is 12.9 Å². The van der Waals surface area contributed by atoms with Crippen LogP contribution in [0.4, 0.5) is 0 Å². The van der Waals surface area contributed by atoms with Gasteiger partial charge in [0.2, 0.25) is 0 Å². The second-order valence-electron chi connectivity index (χ2n) is 5.11. The monoisotopic (exact) mass is 302 g/mol. The van der Waals surface area contributed by atoms with Crippen LogP contribution in [0.2, 0.25) is 5.15 Å². The van der Waals surface area contributed by atoms with Crippen LogP contribution in [0.1, 0.15) is 44.9 Å². The number of aromatic nitrogens is 2. The normalized spacial score (nSPS) is 13.8. The van der Waals surface area contributed by atoms with E-state index in [0.29, 0.717) is 18.2 Å². The first-order valence-corrected chi connectivity index (χ1v) is 7.61. The summed E-state index contributed by atoms with van der Waals surface area (Å²) in [7, 11) is 1.85. The molecule has 0 spiro atoms. The van der Waals surface area contributed by atoms with Crippen LogP contribution in [0.25, 0.3) is 0 Å². The van der Waals surface area contributed by atoms with Gasteiger partial charge >= 0.3 is 0 Å². The lowest BCUT2D eigenvalue weighted by Crippen LogP contribution is -2.55. The average molecular weight is 303 g/mol. The molecule has 1 atom stereocenters. The first-order valence-electron chi connectivity index (χ1n) is 7.23. The molecule has 0 aliphatic heterocycles. The maximum atomic E-state index is 6.32. The molecule has 3 N–H and O–H groups in total. The maximum Gasteiger partial charge on any atom is 0.130 e. The molecule has 0 amide bonds. The number of hydrazine groups is 1. The Balaban J connectivity index is 3.06. The summed E-state index contributed by atoms with van der Waals surface area (Å²) >= 11 is 6.32. The van der Waals surface area contributed by atoms with E-state index in [-0.39, 0.29) is 11.6 Å². The summed E-state index contributed by atoms with van der Waals surface area (Å²) < 4.78 is 7.72. The van der Waals surface area contributed by atoms with Gasteiger partial charge in [-0.15, -0.1) is 0 Å². The molecule has 1 heterocycles. The summed E-state index contributed by atoms with van der Waals surface area (Å²) in [5, 5.41) is 5.02. The van der Waals surface area contributed by atoms with E-state index in [0.717, 1.165) is 24.1 Å². The quantitative estimate of drug-likeness (QED) is 0.571. The SMILES string of the molecule is CCOC(CC)(CC)C(Cc1c(C)nn(C)c1Cl)NN. The summed E-state index contributed by atoms with van der Waals surface area (Å²) in [6.07, 6.45) is 2.49. The van der Waals surface area contributed by atoms with Crippen LogP contribution in [-0.4, -0.2) is 28.0 Å². The number of hydrogen-bond donors (Lipinski definition) is 2. The lowest BCUT2D eigenvalue weighted by Gasteiger charge is -2.39. The molecule has 0 aliphatic carbocycles. The summed E-state index contributed by atoms with van der Waals surface area (Å²) in [6.45, 7) is 8.90. The number of nitrogens with two attached hydrogens (primary N) is 1. The van der Waals surface area contributed by atoms with E-state index in [9.17, 15) is 0 Å². The summed E-state index contributed by atoms with van der Waals surface area (Å²) in [5.41, 5.74) is 4.61. The highest BCUT2D eigenvalue weighted by atomic mass is 35.5. The number of nitrogens with zero attached hydrogens (tertiary/aromatic N) is 2. The smallest absolute Gasteiger partial charge is 0.130 e. The highest BCUT2D eigenvalue weighted by Gasteiger charge is 2.37. The van der Waals surface area contributed by atoms with Crippen LogP contribution in [0, 0.1) is 6.92 Å². The van der Waals surface area contributed by atoms with Crippen molar-refractivity contribution < 1.29 is 4.74 Å². The molecule has 1 rings (SSSR count). The van der Waals surface area contributed by atoms with Gasteiger partial charge in [-0.25, -0.2) is 0 Å². The lowest BCUT2D eigenvalue weighted by atomic mass is 9.84. The van der Waals surface area contributed by atoms with E-state index in [4.69, 9.17) is 22.2 Å². The molecule has 0 fully saturated rings. The Morgan fingerprint density at radius 3 is 2.35 bits per heavy atom. The molecule has 0 aromatic carbocycles. The number of halogens is 1. The van der Waals surface area contributed by atoms with Gasteiger partial charge in [0.1, 0.15) is 5.15 Å². The standard InChI is InChI=1S/C14H27ClN4O/c1-6-14(7-2,20-8-3)12(17-16)9-11-10(4)18-19(5)13(11)15/h12,17H,6-9,16H2,1-5H3. The molecule has 116 valence electrons. The third kappa shape index (κ3) is 3.34. The highest BCUT2D eigenvalue weighted by molar-refractivity contribution is 6.30. The van der Waals surface area contributed by atoms with Gasteiger partial charge in [0, 0.05) is 19.2 Å². The Labute approximate surface area is 126 Å². The number of hydrogen-bond acceptors (Lipinski definition) is 4. The van der Waals surface area contributed by atoms with Gasteiger partial charge in [0.05, 0.1) is 17.3 Å². The van der Waals surface area contributed by atoms with Crippen LogP contribution in [0.3, 0.4) is 0 Å². The molecule has 1 unspecified atom stereocenters. The zero-order valence-electron chi connectivity index (χ0n) is 13.2. The molecular formula is C14H27ClN4O. The first kappa shape index (κ1) is 17.4. The molecule has 1 aromatic heterocycles. The van der Waals surface area contributed by atoms with Gasteiger partial charge in [-0.2, -0.15) is 5.10 Å². The van der Waals surface area contributed by atoms with Gasteiger partial charge in [-0.3, -0.25) is 16.0 Å². The van der Waals surface area contributed by atoms with E-state index in [1.807, 2.05) is 20.9 Å². The zero-order valence-corrected chi connectivity index (χ0v) is 13.9. The van der Waals surface area contributed by atoms with Crippen molar-refractivity contribution in [1.29, 1.82) is 0 Å². The molecule has 6 heteroatoms. The van der Waals surface area contributed by atoms with Gasteiger partial charge < -0.3 is 4.74 Å². The van der Waals surface area contributed by atoms with Crippen molar-refractivity contribution in [3.8, 4) is 0 Å². The first-order chi connectivity index (χ1) is 9.45. The fraction of sp³-hybridized carbons (Fsp3) is 0.786. The van der Waals surface area contributed by atoms with Crippen LogP contribution in [-0.2, 0) is 18.2 Å². The fourth-order valence-electron chi connectivity index (χ4n) is 2.84. The summed E-state index contributed by atoms with van der Waals surface area (Å²) in [5.74, 6) is 5.79. The Hall–Kier alpha value is -0.620. The molecule has 0 radical (unpaired) electrons. The van der Waals surface area contributed by atoms with Crippen LogP contribution in [0.5, 0.6) is 0 Å². The summed E-state index contributed by atoms with van der Waals surface area (Å²) in [4.78, 5) is 0. The highest BCUT2D eigenvalue weighted by Crippen LogP contribution is 2.29. The Morgan fingerprint density at radius 1 is 1.40 bits per heavy atom. The molecule has 1 aromatic rings. The largest absolute Gasteiger partial charge is 0.374 e. The van der Waals surface area contributed by atoms with Crippen LogP contribution in [0.15, 0.2) is 0 Å². The van der Waals surface area contributed by atoms with E-state index in [1.165, 1.54) is 0 Å². The Bertz CT molecular complexity index is 429. The third-order valence-electron chi connectivity index (χ3n) is 4.14. The summed E-state index contributed by atoms with van der Waals surface area (Å²) in [6, 6.07) is -0.00199. The van der Waals surface area contributed by atoms with Crippen molar-refractivity contribution in [3.63, 3.8) is 0 Å². The minimum Gasteiger partial charge on any atom is -0.374 e. The van der Waals surface area contributed by atoms with Gasteiger partial charge in [0.15, 0.2) is 0 Å². The van der Waals surface area contributed by atoms with Crippen molar-refractivity contribution in [2.75, 3.05) is 6.61 Å². The molecule has 0 saturated carbocycles. The Kier molecular flexibility index (Phi) is 6.45. The number of rotatable bonds is 8. The molecular weight excluding hydrogens is 276 g/mol. The second-order valence-corrected chi connectivity index (χ2v) is 5.46. The van der Waals surface area contributed by atoms with Gasteiger partial charge in [0.25, 0.3) is 0 Å². The van der Waals surface area contributed by atoms with Crippen molar-refractivity contribution >= 4 is 11.6 Å². The number of nitrogens with one attached hydrogen (secondary N) is 1. The average Bonchev–Trinajstić information content (AvgIpc) is 2.68. The number of aryl methyl sites for hydroxylation is 2. The predicted molar refractivity (Wildman–Crippen MR) is 82.7 cm³/mol. The molecule has 0 bridgehead atoms. The molecule has 0 aliphatic rings. The topological polar surface area (TPSA) is 65.1 Å². The van der Waals surface area contributed by atoms with Crippen LogP contribution < -0.4 is 11.3 Å². The van der Waals surface area contributed by atoms with E-state index in [1.54, 1.807) is 4.68 Å². The Morgan fingerprint density at radius 2 is 2.00 bits per heavy atom. The second kappa shape index (κ2) is 7.41. The fourth-order valence-corrected chi connectivity index (χ4v) is 3.09. The van der Waals surface area contributed by atoms with Crippen LogP contribution >= 0.6 is 11.6 Å². The van der Waals surface area contributed by atoms with E-state index >= 15 is 0 Å². The van der Waals surface area contributed by atoms with Gasteiger partial charge in [-0.05, 0) is 33.1 Å². The minimum absolute atomic E-state index is 0.00199. The maximum absolute atomic E-state index is 6.32. The molecule has 5 nitrogen and oxygen atoms in total. The van der Waals surface area contributed by atoms with Crippen molar-refractivity contribution in [3.05, 3.63) is 16.4 Å². The zero-order chi connectivity index (χ0) is 15.3.